The molecule has 4 nitrogen and oxygen atoms in total. The van der Waals surface area contributed by atoms with Crippen molar-refractivity contribution in [3.8, 4) is 0 Å². The SMILES string of the molecule is CC1Cc2c(o[nH]c2=O)CN1. The number of fused-ring (bicyclic) bond motifs is 1. The zero-order valence-corrected chi connectivity index (χ0v) is 6.31. The molecule has 1 aromatic rings. The summed E-state index contributed by atoms with van der Waals surface area (Å²) in [7, 11) is 0. The predicted molar refractivity (Wildman–Crippen MR) is 39.3 cm³/mol. The van der Waals surface area contributed by atoms with Gasteiger partial charge in [-0.3, -0.25) is 4.79 Å². The Bertz CT molecular complexity index is 312. The van der Waals surface area contributed by atoms with E-state index in [1.165, 1.54) is 0 Å². The van der Waals surface area contributed by atoms with Crippen LogP contribution in [-0.4, -0.2) is 11.2 Å². The van der Waals surface area contributed by atoms with Crippen LogP contribution in [0.4, 0.5) is 0 Å². The first-order chi connectivity index (χ1) is 5.27. The predicted octanol–water partition coefficient (Wildman–Crippen LogP) is 0.00210. The van der Waals surface area contributed by atoms with Crippen LogP contribution >= 0.6 is 0 Å². The first-order valence-corrected chi connectivity index (χ1v) is 3.70. The van der Waals surface area contributed by atoms with Crippen molar-refractivity contribution in [1.82, 2.24) is 10.5 Å². The second-order valence-electron chi connectivity index (χ2n) is 2.92. The second kappa shape index (κ2) is 2.23. The third-order valence-electron chi connectivity index (χ3n) is 2.00. The average Bonchev–Trinajstić information content (AvgIpc) is 2.33. The number of hydrogen-bond acceptors (Lipinski definition) is 3. The van der Waals surface area contributed by atoms with E-state index >= 15 is 0 Å². The molecule has 2 rings (SSSR count). The maximum Gasteiger partial charge on any atom is 0.283 e. The van der Waals surface area contributed by atoms with Crippen LogP contribution in [0.3, 0.4) is 0 Å². The molecule has 0 bridgehead atoms. The summed E-state index contributed by atoms with van der Waals surface area (Å²) in [6.07, 6.45) is 0.765. The van der Waals surface area contributed by atoms with E-state index in [2.05, 4.69) is 17.4 Å². The maximum absolute atomic E-state index is 11.0. The van der Waals surface area contributed by atoms with E-state index in [0.717, 1.165) is 17.7 Å². The van der Waals surface area contributed by atoms with Crippen LogP contribution in [-0.2, 0) is 13.0 Å². The van der Waals surface area contributed by atoms with E-state index in [-0.39, 0.29) is 5.56 Å². The Morgan fingerprint density at radius 1 is 1.64 bits per heavy atom. The number of aromatic nitrogens is 1. The lowest BCUT2D eigenvalue weighted by molar-refractivity contribution is 0.349. The third kappa shape index (κ3) is 0.991. The summed E-state index contributed by atoms with van der Waals surface area (Å²) in [4.78, 5) is 11.0. The molecule has 0 fully saturated rings. The van der Waals surface area contributed by atoms with Gasteiger partial charge in [-0.1, -0.05) is 0 Å². The highest BCUT2D eigenvalue weighted by Gasteiger charge is 2.20. The number of aromatic amines is 1. The Labute approximate surface area is 63.6 Å². The van der Waals surface area contributed by atoms with Gasteiger partial charge in [0.25, 0.3) is 5.56 Å². The highest BCUT2D eigenvalue weighted by Crippen LogP contribution is 2.11. The normalized spacial score (nSPS) is 23.2. The smallest absolute Gasteiger partial charge is 0.283 e. The minimum absolute atomic E-state index is 0.0756. The molecule has 0 radical (unpaired) electrons. The van der Waals surface area contributed by atoms with Gasteiger partial charge in [0.2, 0.25) is 0 Å². The molecule has 60 valence electrons. The van der Waals surface area contributed by atoms with Crippen molar-refractivity contribution >= 4 is 0 Å². The largest absolute Gasteiger partial charge is 0.382 e. The van der Waals surface area contributed by atoms with Gasteiger partial charge in [-0.15, -0.1) is 0 Å². The average molecular weight is 154 g/mol. The topological polar surface area (TPSA) is 58.0 Å². The molecule has 1 atom stereocenters. The minimum Gasteiger partial charge on any atom is -0.382 e. The second-order valence-corrected chi connectivity index (χ2v) is 2.92. The van der Waals surface area contributed by atoms with E-state index in [9.17, 15) is 4.79 Å². The molecule has 2 heterocycles. The molecule has 0 aromatic carbocycles. The lowest BCUT2D eigenvalue weighted by Gasteiger charge is -2.16. The summed E-state index contributed by atoms with van der Waals surface area (Å²) in [6.45, 7) is 2.71. The van der Waals surface area contributed by atoms with E-state index in [1.807, 2.05) is 0 Å². The fourth-order valence-corrected chi connectivity index (χ4v) is 1.35. The van der Waals surface area contributed by atoms with Crippen LogP contribution in [0.15, 0.2) is 9.32 Å². The fraction of sp³-hybridized carbons (Fsp3) is 0.571. The summed E-state index contributed by atoms with van der Waals surface area (Å²) in [6, 6.07) is 0.376. The zero-order chi connectivity index (χ0) is 7.84. The Morgan fingerprint density at radius 3 is 3.27 bits per heavy atom. The van der Waals surface area contributed by atoms with Crippen LogP contribution in [0.1, 0.15) is 18.2 Å². The van der Waals surface area contributed by atoms with Crippen molar-refractivity contribution in [1.29, 1.82) is 0 Å². The Kier molecular flexibility index (Phi) is 1.35. The molecule has 1 aliphatic heterocycles. The quantitative estimate of drug-likeness (QED) is 0.553. The molecule has 11 heavy (non-hydrogen) atoms. The van der Waals surface area contributed by atoms with Crippen molar-refractivity contribution in [2.24, 2.45) is 0 Å². The molecule has 4 heteroatoms. The zero-order valence-electron chi connectivity index (χ0n) is 6.31. The maximum atomic E-state index is 11.0. The Balaban J connectivity index is 2.45. The highest BCUT2D eigenvalue weighted by atomic mass is 16.5. The van der Waals surface area contributed by atoms with Crippen molar-refractivity contribution < 1.29 is 4.52 Å². The van der Waals surface area contributed by atoms with Crippen LogP contribution in [0.25, 0.3) is 0 Å². The van der Waals surface area contributed by atoms with E-state index in [4.69, 9.17) is 4.52 Å². The van der Waals surface area contributed by atoms with Gasteiger partial charge in [0.05, 0.1) is 12.1 Å². The van der Waals surface area contributed by atoms with Crippen LogP contribution < -0.4 is 10.9 Å². The Morgan fingerprint density at radius 2 is 2.45 bits per heavy atom. The fourth-order valence-electron chi connectivity index (χ4n) is 1.35. The van der Waals surface area contributed by atoms with E-state index in [1.54, 1.807) is 0 Å². The van der Waals surface area contributed by atoms with E-state index in [0.29, 0.717) is 12.6 Å². The van der Waals surface area contributed by atoms with Crippen molar-refractivity contribution in [3.05, 3.63) is 21.7 Å². The van der Waals surface area contributed by atoms with Gasteiger partial charge in [0, 0.05) is 6.04 Å². The molecule has 0 saturated heterocycles. The summed E-state index contributed by atoms with van der Waals surface area (Å²) in [5.41, 5.74) is 0.726. The van der Waals surface area contributed by atoms with E-state index < -0.39 is 0 Å². The van der Waals surface area contributed by atoms with Crippen molar-refractivity contribution in [2.75, 3.05) is 0 Å². The first kappa shape index (κ1) is 6.67. The lowest BCUT2D eigenvalue weighted by atomic mass is 10.0. The number of rotatable bonds is 0. The lowest BCUT2D eigenvalue weighted by Crippen LogP contribution is -2.34. The third-order valence-corrected chi connectivity index (χ3v) is 2.00. The standard InChI is InChI=1S/C7H10N2O2/c1-4-2-5-6(3-8-4)11-9-7(5)10/h4,8H,2-3H2,1H3,(H,9,10). The number of H-pyrrole nitrogens is 1. The van der Waals surface area contributed by atoms with Gasteiger partial charge in [-0.2, -0.15) is 5.16 Å². The molecule has 0 aliphatic carbocycles. The van der Waals surface area contributed by atoms with Gasteiger partial charge in [0.1, 0.15) is 0 Å². The molecule has 0 spiro atoms. The summed E-state index contributed by atoms with van der Waals surface area (Å²) >= 11 is 0. The summed E-state index contributed by atoms with van der Waals surface area (Å²) in [5.74, 6) is 0.758. The number of nitrogens with one attached hydrogen (secondary N) is 2. The minimum atomic E-state index is -0.0756. The summed E-state index contributed by atoms with van der Waals surface area (Å²) < 4.78 is 4.94. The molecule has 2 N–H and O–H groups in total. The molecular formula is C7H10N2O2. The molecule has 0 amide bonds. The number of hydrogen-bond donors (Lipinski definition) is 2. The molecule has 1 aliphatic rings. The van der Waals surface area contributed by atoms with Crippen LogP contribution in [0, 0.1) is 0 Å². The highest BCUT2D eigenvalue weighted by molar-refractivity contribution is 5.17. The molecule has 0 saturated carbocycles. The van der Waals surface area contributed by atoms with Gasteiger partial charge in [0.15, 0.2) is 5.76 Å². The van der Waals surface area contributed by atoms with Gasteiger partial charge < -0.3 is 9.84 Å². The molecular weight excluding hydrogens is 144 g/mol. The van der Waals surface area contributed by atoms with Crippen LogP contribution in [0.5, 0.6) is 0 Å². The summed E-state index contributed by atoms with van der Waals surface area (Å²) in [5, 5.41) is 5.53. The monoisotopic (exact) mass is 154 g/mol. The van der Waals surface area contributed by atoms with Gasteiger partial charge in [-0.05, 0) is 13.3 Å². The van der Waals surface area contributed by atoms with Gasteiger partial charge in [-0.25, -0.2) is 0 Å². The van der Waals surface area contributed by atoms with Gasteiger partial charge >= 0.3 is 0 Å². The Hall–Kier alpha value is -1.03. The van der Waals surface area contributed by atoms with Crippen LogP contribution in [0.2, 0.25) is 0 Å². The first-order valence-electron chi connectivity index (χ1n) is 3.70. The van der Waals surface area contributed by atoms with Crippen molar-refractivity contribution in [3.63, 3.8) is 0 Å². The molecule has 1 aromatic heterocycles. The molecule has 1 unspecified atom stereocenters. The van der Waals surface area contributed by atoms with Crippen molar-refractivity contribution in [2.45, 2.75) is 25.9 Å².